The smallest absolute Gasteiger partial charge is 0.330 e. The second-order valence-corrected chi connectivity index (χ2v) is 6.43. The van der Waals surface area contributed by atoms with Gasteiger partial charge in [0.15, 0.2) is 0 Å². The number of benzene rings is 2. The monoisotopic (exact) mass is 427 g/mol. The Morgan fingerprint density at radius 2 is 1.67 bits per heavy atom. The molecule has 30 heavy (non-hydrogen) atoms. The lowest BCUT2D eigenvalue weighted by Gasteiger charge is -2.16. The third-order valence-corrected chi connectivity index (χ3v) is 3.85. The number of amides is 3. The Hall–Kier alpha value is -3.14. The van der Waals surface area contributed by atoms with Crippen molar-refractivity contribution < 1.29 is 31.9 Å². The summed E-state index contributed by atoms with van der Waals surface area (Å²) in [5, 5.41) is 7.62. The largest absolute Gasteiger partial charge is 0.370 e. The molecule has 10 heteroatoms. The molecule has 0 aliphatic carbocycles. The molecule has 0 aromatic heterocycles. The summed E-state index contributed by atoms with van der Waals surface area (Å²) >= 11 is 0. The Bertz CT molecular complexity index is 850. The highest BCUT2D eigenvalue weighted by Gasteiger charge is 2.40. The first-order valence-corrected chi connectivity index (χ1v) is 8.93. The van der Waals surface area contributed by atoms with Crippen LogP contribution in [0.25, 0.3) is 0 Å². The van der Waals surface area contributed by atoms with Crippen LogP contribution in [0.5, 0.6) is 0 Å². The third kappa shape index (κ3) is 7.36. The van der Waals surface area contributed by atoms with Gasteiger partial charge in [0.1, 0.15) is 12.6 Å². The molecule has 2 rings (SSSR count). The molecule has 3 amide bonds. The Morgan fingerprint density at radius 1 is 1.00 bits per heavy atom. The van der Waals surface area contributed by atoms with Gasteiger partial charge in [0.2, 0.25) is 5.91 Å². The summed E-state index contributed by atoms with van der Waals surface area (Å²) in [5.74, 6) is -4.65. The van der Waals surface area contributed by atoms with Gasteiger partial charge in [0, 0.05) is 11.4 Å². The van der Waals surface area contributed by atoms with Crippen LogP contribution in [-0.2, 0) is 16.1 Å². The number of nitrogens with one attached hydrogen (secondary N) is 3. The number of rotatable bonds is 9. The molecule has 1 unspecified atom stereocenters. The summed E-state index contributed by atoms with van der Waals surface area (Å²) in [7, 11) is 0. The molecule has 6 nitrogen and oxygen atoms in total. The van der Waals surface area contributed by atoms with Crippen molar-refractivity contribution >= 4 is 23.3 Å². The van der Waals surface area contributed by atoms with Crippen molar-refractivity contribution in [3.63, 3.8) is 0 Å². The maximum atomic E-state index is 12.9. The maximum Gasteiger partial charge on any atom is 0.330 e. The second kappa shape index (κ2) is 10.6. The summed E-state index contributed by atoms with van der Waals surface area (Å²) in [6.45, 7) is -0.252. The van der Waals surface area contributed by atoms with E-state index in [1.165, 1.54) is 31.2 Å². The quantitative estimate of drug-likeness (QED) is 0.524. The van der Waals surface area contributed by atoms with Gasteiger partial charge in [-0.15, -0.1) is 0 Å². The molecular weight excluding hydrogens is 406 g/mol. The first kappa shape index (κ1) is 23.1. The molecule has 2 aromatic rings. The number of halogens is 4. The second-order valence-electron chi connectivity index (χ2n) is 6.43. The minimum atomic E-state index is -4.23. The van der Waals surface area contributed by atoms with E-state index >= 15 is 0 Å². The first-order chi connectivity index (χ1) is 14.2. The number of alkyl halides is 4. The zero-order chi connectivity index (χ0) is 22.1. The Balaban J connectivity index is 1.83. The van der Waals surface area contributed by atoms with Gasteiger partial charge >= 0.3 is 18.4 Å². The third-order valence-electron chi connectivity index (χ3n) is 3.85. The maximum absolute atomic E-state index is 12.9. The number of anilines is 2. The highest BCUT2D eigenvalue weighted by atomic mass is 19.3. The average molecular weight is 427 g/mol. The molecule has 0 aliphatic rings. The lowest BCUT2D eigenvalue weighted by molar-refractivity contribution is -0.168. The minimum Gasteiger partial charge on any atom is -0.370 e. The van der Waals surface area contributed by atoms with Crippen LogP contribution in [0.1, 0.15) is 12.5 Å². The van der Waals surface area contributed by atoms with E-state index in [1.807, 2.05) is 0 Å². The fourth-order valence-corrected chi connectivity index (χ4v) is 2.31. The van der Waals surface area contributed by atoms with Crippen LogP contribution in [0, 0.1) is 0 Å². The Kier molecular flexibility index (Phi) is 8.16. The highest BCUT2D eigenvalue weighted by molar-refractivity contribution is 5.98. The van der Waals surface area contributed by atoms with E-state index in [0.29, 0.717) is 16.9 Å². The molecule has 0 aliphatic heterocycles. The van der Waals surface area contributed by atoms with Crippen LogP contribution in [-0.4, -0.2) is 36.9 Å². The molecule has 0 radical (unpaired) electrons. The van der Waals surface area contributed by atoms with Gasteiger partial charge in [-0.3, -0.25) is 4.79 Å². The zero-order valence-corrected chi connectivity index (χ0v) is 16.0. The zero-order valence-electron chi connectivity index (χ0n) is 16.0. The van der Waals surface area contributed by atoms with Gasteiger partial charge in [-0.1, -0.05) is 30.3 Å². The van der Waals surface area contributed by atoms with E-state index in [0.717, 1.165) is 0 Å². The van der Waals surface area contributed by atoms with Crippen molar-refractivity contribution in [2.75, 3.05) is 17.2 Å². The fraction of sp³-hybridized carbons (Fsp3) is 0.300. The predicted molar refractivity (Wildman–Crippen MR) is 104 cm³/mol. The van der Waals surface area contributed by atoms with Gasteiger partial charge < -0.3 is 20.7 Å². The number of carbonyl (C=O) groups is 2. The van der Waals surface area contributed by atoms with E-state index in [9.17, 15) is 27.2 Å². The summed E-state index contributed by atoms with van der Waals surface area (Å²) in [6, 6.07) is 13.3. The van der Waals surface area contributed by atoms with Crippen LogP contribution in [0.2, 0.25) is 0 Å². The molecule has 0 spiro atoms. The fourth-order valence-electron chi connectivity index (χ4n) is 2.31. The molecule has 0 fully saturated rings. The van der Waals surface area contributed by atoms with Gasteiger partial charge in [-0.2, -0.15) is 8.78 Å². The van der Waals surface area contributed by atoms with Crippen molar-refractivity contribution in [1.29, 1.82) is 0 Å². The van der Waals surface area contributed by atoms with Gasteiger partial charge in [0.25, 0.3) is 0 Å². The molecule has 0 bridgehead atoms. The van der Waals surface area contributed by atoms with Crippen LogP contribution in [0.3, 0.4) is 0 Å². The molecule has 2 aromatic carbocycles. The van der Waals surface area contributed by atoms with Crippen LogP contribution in [0.4, 0.5) is 33.7 Å². The predicted octanol–water partition coefficient (Wildman–Crippen LogP) is 4.25. The summed E-state index contributed by atoms with van der Waals surface area (Å²) < 4.78 is 54.6. The van der Waals surface area contributed by atoms with Crippen LogP contribution < -0.4 is 16.0 Å². The molecule has 0 saturated heterocycles. The van der Waals surface area contributed by atoms with Crippen LogP contribution in [0.15, 0.2) is 54.6 Å². The lowest BCUT2D eigenvalue weighted by Crippen LogP contribution is -2.43. The first-order valence-electron chi connectivity index (χ1n) is 8.93. The molecule has 0 saturated carbocycles. The number of para-hydroxylation sites is 1. The lowest BCUT2D eigenvalue weighted by atomic mass is 10.2. The molecule has 1 atom stereocenters. The minimum absolute atomic E-state index is 0.310. The van der Waals surface area contributed by atoms with E-state index in [4.69, 9.17) is 0 Å². The molecular formula is C20H21F4N3O3. The molecule has 3 N–H and O–H groups in total. The van der Waals surface area contributed by atoms with Crippen LogP contribution >= 0.6 is 0 Å². The average Bonchev–Trinajstić information content (AvgIpc) is 2.68. The summed E-state index contributed by atoms with van der Waals surface area (Å²) in [5.41, 5.74) is 1.29. The van der Waals surface area contributed by atoms with Crippen molar-refractivity contribution in [2.24, 2.45) is 0 Å². The van der Waals surface area contributed by atoms with Crippen molar-refractivity contribution in [2.45, 2.75) is 31.9 Å². The summed E-state index contributed by atoms with van der Waals surface area (Å²) in [4.78, 5) is 24.2. The topological polar surface area (TPSA) is 79.5 Å². The van der Waals surface area contributed by atoms with Crippen molar-refractivity contribution in [1.82, 2.24) is 5.32 Å². The van der Waals surface area contributed by atoms with Gasteiger partial charge in [-0.25, -0.2) is 13.6 Å². The number of hydrogen-bond donors (Lipinski definition) is 3. The highest BCUT2D eigenvalue weighted by Crippen LogP contribution is 2.23. The number of urea groups is 1. The van der Waals surface area contributed by atoms with E-state index in [-0.39, 0.29) is 6.61 Å². The SMILES string of the molecule is CC(NC(=O)Nc1cccc(COCC(F)(F)C(F)F)c1)C(=O)Nc1ccccc1. The molecule has 162 valence electrons. The van der Waals surface area contributed by atoms with Gasteiger partial charge in [0.05, 0.1) is 6.61 Å². The van der Waals surface area contributed by atoms with Crippen molar-refractivity contribution in [3.05, 3.63) is 60.2 Å². The standard InChI is InChI=1S/C20H21F4N3O3/c1-13(17(28)26-15-7-3-2-4-8-15)25-19(29)27-16-9-5-6-14(10-16)11-30-12-20(23,24)18(21)22/h2-10,13,18H,11-12H2,1H3,(H,26,28)(H2,25,27,29). The normalized spacial score (nSPS) is 12.3. The number of ether oxygens (including phenoxy) is 1. The van der Waals surface area contributed by atoms with E-state index in [2.05, 4.69) is 20.7 Å². The Morgan fingerprint density at radius 3 is 2.33 bits per heavy atom. The van der Waals surface area contributed by atoms with E-state index < -0.39 is 36.9 Å². The number of carbonyl (C=O) groups excluding carboxylic acids is 2. The number of hydrogen-bond acceptors (Lipinski definition) is 3. The van der Waals surface area contributed by atoms with E-state index in [1.54, 1.807) is 30.3 Å². The Labute approximate surface area is 170 Å². The van der Waals surface area contributed by atoms with Crippen molar-refractivity contribution in [3.8, 4) is 0 Å². The summed E-state index contributed by atoms with van der Waals surface area (Å²) in [6.07, 6.45) is -3.81. The van der Waals surface area contributed by atoms with Gasteiger partial charge in [-0.05, 0) is 36.8 Å². The molecule has 0 heterocycles.